The first kappa shape index (κ1) is 10.5. The van der Waals surface area contributed by atoms with E-state index in [1.165, 1.54) is 18.3 Å². The van der Waals surface area contributed by atoms with Gasteiger partial charge in [-0.15, -0.1) is 0 Å². The number of nitrogens with one attached hydrogen (secondary N) is 1. The van der Waals surface area contributed by atoms with Gasteiger partial charge in [-0.1, -0.05) is 11.6 Å². The second-order valence-corrected chi connectivity index (χ2v) is 3.96. The summed E-state index contributed by atoms with van der Waals surface area (Å²) in [4.78, 5) is 3.70. The first-order valence-electron chi connectivity index (χ1n) is 4.39. The Labute approximate surface area is 89.5 Å². The molecule has 0 amide bonds. The van der Waals surface area contributed by atoms with Gasteiger partial charge >= 0.3 is 6.18 Å². The van der Waals surface area contributed by atoms with Crippen molar-refractivity contribution in [3.8, 4) is 0 Å². The molecule has 6 heteroatoms. The highest BCUT2D eigenvalue weighted by Gasteiger charge is 2.63. The van der Waals surface area contributed by atoms with E-state index in [9.17, 15) is 13.2 Å². The lowest BCUT2D eigenvalue weighted by Gasteiger charge is -2.21. The van der Waals surface area contributed by atoms with Crippen LogP contribution in [0.25, 0.3) is 0 Å². The van der Waals surface area contributed by atoms with E-state index in [4.69, 9.17) is 11.6 Å². The minimum atomic E-state index is -4.22. The highest BCUT2D eigenvalue weighted by atomic mass is 35.5. The normalized spacial score (nSPS) is 18.7. The Hall–Kier alpha value is -0.970. The predicted molar refractivity (Wildman–Crippen MR) is 50.9 cm³/mol. The van der Waals surface area contributed by atoms with E-state index in [2.05, 4.69) is 10.3 Å². The molecule has 1 aromatic rings. The molecule has 1 aliphatic rings. The second-order valence-electron chi connectivity index (χ2n) is 3.57. The highest BCUT2D eigenvalue weighted by Crippen LogP contribution is 2.51. The van der Waals surface area contributed by atoms with E-state index in [1.54, 1.807) is 0 Å². The van der Waals surface area contributed by atoms with Crippen LogP contribution >= 0.6 is 11.6 Å². The maximum Gasteiger partial charge on any atom is 0.411 e. The Balaban J connectivity index is 2.16. The third kappa shape index (κ3) is 2.02. The van der Waals surface area contributed by atoms with Crippen LogP contribution in [0.4, 0.5) is 18.9 Å². The van der Waals surface area contributed by atoms with Gasteiger partial charge in [-0.05, 0) is 25.0 Å². The zero-order valence-corrected chi connectivity index (χ0v) is 8.36. The van der Waals surface area contributed by atoms with E-state index in [0.717, 1.165) is 0 Å². The average Bonchev–Trinajstić information content (AvgIpc) is 2.84. The lowest BCUT2D eigenvalue weighted by atomic mass is 10.2. The van der Waals surface area contributed by atoms with Crippen LogP contribution in [-0.2, 0) is 0 Å². The topological polar surface area (TPSA) is 24.9 Å². The van der Waals surface area contributed by atoms with Crippen LogP contribution in [0.2, 0.25) is 5.15 Å². The van der Waals surface area contributed by atoms with Crippen LogP contribution in [0.3, 0.4) is 0 Å². The van der Waals surface area contributed by atoms with Gasteiger partial charge in [-0.3, -0.25) is 0 Å². The molecular weight excluding hydrogens is 229 g/mol. The summed E-state index contributed by atoms with van der Waals surface area (Å²) in [6.07, 6.45) is -2.63. The van der Waals surface area contributed by atoms with Crippen LogP contribution < -0.4 is 5.32 Å². The number of alkyl halides is 3. The van der Waals surface area contributed by atoms with Crippen molar-refractivity contribution in [2.24, 2.45) is 0 Å². The molecule has 1 aliphatic carbocycles. The average molecular weight is 237 g/mol. The number of anilines is 1. The van der Waals surface area contributed by atoms with Crippen molar-refractivity contribution in [2.45, 2.75) is 24.6 Å². The maximum absolute atomic E-state index is 12.6. The van der Waals surface area contributed by atoms with Crippen molar-refractivity contribution in [2.75, 3.05) is 5.32 Å². The van der Waals surface area contributed by atoms with Crippen LogP contribution in [-0.4, -0.2) is 16.7 Å². The number of nitrogens with zero attached hydrogens (tertiary/aromatic N) is 1. The molecular formula is C9H8ClF3N2. The van der Waals surface area contributed by atoms with Gasteiger partial charge in [0.1, 0.15) is 10.7 Å². The quantitative estimate of drug-likeness (QED) is 0.798. The van der Waals surface area contributed by atoms with E-state index >= 15 is 0 Å². The molecule has 1 fully saturated rings. The summed E-state index contributed by atoms with van der Waals surface area (Å²) in [6, 6.07) is 2.85. The zero-order valence-electron chi connectivity index (χ0n) is 7.61. The monoisotopic (exact) mass is 236 g/mol. The van der Waals surface area contributed by atoms with Crippen LogP contribution in [0.1, 0.15) is 12.8 Å². The number of rotatable bonds is 2. The van der Waals surface area contributed by atoms with Crippen LogP contribution in [0, 0.1) is 0 Å². The molecule has 1 heterocycles. The molecule has 2 rings (SSSR count). The number of pyridine rings is 1. The van der Waals surface area contributed by atoms with Gasteiger partial charge in [0.2, 0.25) is 0 Å². The Morgan fingerprint density at radius 1 is 1.40 bits per heavy atom. The third-order valence-corrected chi connectivity index (χ3v) is 2.61. The van der Waals surface area contributed by atoms with E-state index in [0.29, 0.717) is 5.69 Å². The fourth-order valence-corrected chi connectivity index (χ4v) is 1.53. The van der Waals surface area contributed by atoms with Crippen molar-refractivity contribution in [3.05, 3.63) is 23.5 Å². The lowest BCUT2D eigenvalue weighted by molar-refractivity contribution is -0.151. The summed E-state index contributed by atoms with van der Waals surface area (Å²) in [5.41, 5.74) is -1.40. The highest BCUT2D eigenvalue weighted by molar-refractivity contribution is 6.29. The Morgan fingerprint density at radius 2 is 2.07 bits per heavy atom. The molecule has 1 N–H and O–H groups in total. The fraction of sp³-hybridized carbons (Fsp3) is 0.444. The van der Waals surface area contributed by atoms with E-state index < -0.39 is 11.7 Å². The molecule has 0 spiro atoms. The summed E-state index contributed by atoms with van der Waals surface area (Å²) in [7, 11) is 0. The molecule has 0 atom stereocenters. The van der Waals surface area contributed by atoms with Crippen molar-refractivity contribution < 1.29 is 13.2 Å². The maximum atomic E-state index is 12.6. The number of halogens is 4. The molecule has 0 unspecified atom stereocenters. The molecule has 1 aromatic heterocycles. The molecule has 0 bridgehead atoms. The number of hydrogen-bond donors (Lipinski definition) is 1. The Kier molecular flexibility index (Phi) is 2.30. The minimum absolute atomic E-state index is 0.108. The van der Waals surface area contributed by atoms with Crippen LogP contribution in [0.5, 0.6) is 0 Å². The summed E-state index contributed by atoms with van der Waals surface area (Å²) >= 11 is 5.58. The van der Waals surface area contributed by atoms with E-state index in [-0.39, 0.29) is 18.0 Å². The molecule has 0 aromatic carbocycles. The summed E-state index contributed by atoms with van der Waals surface area (Å²) < 4.78 is 37.7. The molecule has 2 nitrogen and oxygen atoms in total. The molecule has 15 heavy (non-hydrogen) atoms. The first-order valence-corrected chi connectivity index (χ1v) is 4.77. The fourth-order valence-electron chi connectivity index (χ4n) is 1.36. The van der Waals surface area contributed by atoms with Gasteiger partial charge in [-0.25, -0.2) is 4.98 Å². The van der Waals surface area contributed by atoms with Crippen molar-refractivity contribution in [1.29, 1.82) is 0 Å². The molecule has 82 valence electrons. The SMILES string of the molecule is FC(F)(F)C1(Nc2ccnc(Cl)c2)CC1. The van der Waals surface area contributed by atoms with Gasteiger partial charge in [0.05, 0.1) is 0 Å². The van der Waals surface area contributed by atoms with Crippen molar-refractivity contribution >= 4 is 17.3 Å². The standard InChI is InChI=1S/C9H8ClF3N2/c10-7-5-6(1-4-14-7)15-8(2-3-8)9(11,12)13/h1,4-5H,2-3H2,(H,14,15). The molecule has 1 saturated carbocycles. The van der Waals surface area contributed by atoms with Gasteiger partial charge in [0, 0.05) is 11.9 Å². The van der Waals surface area contributed by atoms with Crippen LogP contribution in [0.15, 0.2) is 18.3 Å². The molecule has 0 aliphatic heterocycles. The second kappa shape index (κ2) is 3.27. The van der Waals surface area contributed by atoms with Gasteiger partial charge in [0.15, 0.2) is 0 Å². The number of aromatic nitrogens is 1. The Morgan fingerprint density at radius 3 is 2.53 bits per heavy atom. The largest absolute Gasteiger partial charge is 0.411 e. The minimum Gasteiger partial charge on any atom is -0.371 e. The number of hydrogen-bond acceptors (Lipinski definition) is 2. The summed E-state index contributed by atoms with van der Waals surface area (Å²) in [5.74, 6) is 0. The predicted octanol–water partition coefficient (Wildman–Crippen LogP) is 3.24. The molecule has 0 radical (unpaired) electrons. The Bertz CT molecular complexity index is 374. The third-order valence-electron chi connectivity index (χ3n) is 2.40. The van der Waals surface area contributed by atoms with Crippen molar-refractivity contribution in [3.63, 3.8) is 0 Å². The zero-order chi connectivity index (χ0) is 11.1. The van der Waals surface area contributed by atoms with E-state index in [1.807, 2.05) is 0 Å². The first-order chi connectivity index (χ1) is 6.93. The summed E-state index contributed by atoms with van der Waals surface area (Å²) in [6.45, 7) is 0. The van der Waals surface area contributed by atoms with Gasteiger partial charge in [0.25, 0.3) is 0 Å². The van der Waals surface area contributed by atoms with Crippen molar-refractivity contribution in [1.82, 2.24) is 4.98 Å². The lowest BCUT2D eigenvalue weighted by Crippen LogP contribution is -2.38. The van der Waals surface area contributed by atoms with Gasteiger partial charge in [-0.2, -0.15) is 13.2 Å². The molecule has 0 saturated heterocycles. The van der Waals surface area contributed by atoms with Gasteiger partial charge < -0.3 is 5.32 Å². The smallest absolute Gasteiger partial charge is 0.371 e. The summed E-state index contributed by atoms with van der Waals surface area (Å²) in [5, 5.41) is 2.64.